The van der Waals surface area contributed by atoms with E-state index in [0.717, 1.165) is 28.7 Å². The molecule has 3 rings (SSSR count). The molecule has 6 heteroatoms. The molecule has 1 fully saturated rings. The number of nitrogens with one attached hydrogen (secondary N) is 3. The molecule has 2 aromatic rings. The summed E-state index contributed by atoms with van der Waals surface area (Å²) in [6, 6.07) is 6.63. The third-order valence-corrected chi connectivity index (χ3v) is 4.66. The van der Waals surface area contributed by atoms with Gasteiger partial charge in [-0.1, -0.05) is 25.1 Å². The average molecular weight is 329 g/mol. The van der Waals surface area contributed by atoms with Gasteiger partial charge in [-0.05, 0) is 32.3 Å². The molecule has 0 saturated carbocycles. The van der Waals surface area contributed by atoms with Crippen LogP contribution in [0, 0.1) is 12.8 Å². The largest absolute Gasteiger partial charge is 0.459 e. The van der Waals surface area contributed by atoms with Crippen molar-refractivity contribution in [1.82, 2.24) is 16.0 Å². The lowest BCUT2D eigenvalue weighted by atomic mass is 9.94. The lowest BCUT2D eigenvalue weighted by molar-refractivity contribution is -0.125. The minimum atomic E-state index is -0.497. The molecule has 3 N–H and O–H groups in total. The number of hydrogen-bond acceptors (Lipinski definition) is 3. The summed E-state index contributed by atoms with van der Waals surface area (Å²) in [6.07, 6.45) is 0.856. The molecule has 24 heavy (non-hydrogen) atoms. The predicted octanol–water partition coefficient (Wildman–Crippen LogP) is 2.63. The van der Waals surface area contributed by atoms with Gasteiger partial charge in [0, 0.05) is 17.5 Å². The van der Waals surface area contributed by atoms with Crippen molar-refractivity contribution in [2.24, 2.45) is 5.92 Å². The van der Waals surface area contributed by atoms with Gasteiger partial charge in [0.05, 0.1) is 6.04 Å². The third-order valence-electron chi connectivity index (χ3n) is 4.66. The highest BCUT2D eigenvalue weighted by molar-refractivity contribution is 5.88. The van der Waals surface area contributed by atoms with Crippen LogP contribution in [0.1, 0.15) is 37.6 Å². The molecular weight excluding hydrogens is 306 g/mol. The van der Waals surface area contributed by atoms with Crippen molar-refractivity contribution in [1.29, 1.82) is 0 Å². The fraction of sp³-hybridized carbons (Fsp3) is 0.444. The fourth-order valence-electron chi connectivity index (χ4n) is 3.22. The molecule has 0 spiro atoms. The number of aryl methyl sites for hydroxylation is 1. The Hall–Kier alpha value is -2.50. The van der Waals surface area contributed by atoms with E-state index in [1.54, 1.807) is 0 Å². The van der Waals surface area contributed by atoms with E-state index in [0.29, 0.717) is 6.54 Å². The van der Waals surface area contributed by atoms with Crippen LogP contribution < -0.4 is 16.0 Å². The standard InChI is InChI=1S/C18H23N3O3/c1-10-8-9-19-17(22)15(10)21-18(23)20-12(3)16-11(2)13-6-4-5-7-14(13)24-16/h4-7,10,12,15H,8-9H2,1-3H3,(H,19,22)(H2,20,21,23). The van der Waals surface area contributed by atoms with Crippen LogP contribution in [-0.2, 0) is 4.79 Å². The van der Waals surface area contributed by atoms with Crippen molar-refractivity contribution in [3.8, 4) is 0 Å². The van der Waals surface area contributed by atoms with Crippen molar-refractivity contribution in [3.63, 3.8) is 0 Å². The van der Waals surface area contributed by atoms with Gasteiger partial charge in [-0.2, -0.15) is 0 Å². The van der Waals surface area contributed by atoms with Crippen LogP contribution in [-0.4, -0.2) is 24.5 Å². The maximum absolute atomic E-state index is 12.3. The molecule has 1 aromatic heterocycles. The van der Waals surface area contributed by atoms with Crippen molar-refractivity contribution in [3.05, 3.63) is 35.6 Å². The Morgan fingerprint density at radius 1 is 1.38 bits per heavy atom. The first-order valence-electron chi connectivity index (χ1n) is 8.30. The topological polar surface area (TPSA) is 83.4 Å². The lowest BCUT2D eigenvalue weighted by Gasteiger charge is -2.29. The van der Waals surface area contributed by atoms with Crippen molar-refractivity contribution >= 4 is 22.9 Å². The summed E-state index contributed by atoms with van der Waals surface area (Å²) >= 11 is 0. The van der Waals surface area contributed by atoms with Gasteiger partial charge in [0.2, 0.25) is 5.91 Å². The maximum Gasteiger partial charge on any atom is 0.316 e. The Morgan fingerprint density at radius 2 is 2.12 bits per heavy atom. The van der Waals surface area contributed by atoms with E-state index in [9.17, 15) is 9.59 Å². The third kappa shape index (κ3) is 3.09. The van der Waals surface area contributed by atoms with E-state index in [2.05, 4.69) is 16.0 Å². The highest BCUT2D eigenvalue weighted by Crippen LogP contribution is 2.29. The Labute approximate surface area is 141 Å². The second-order valence-electron chi connectivity index (χ2n) is 6.46. The summed E-state index contributed by atoms with van der Waals surface area (Å²) < 4.78 is 5.87. The van der Waals surface area contributed by atoms with E-state index in [-0.39, 0.29) is 23.9 Å². The number of fused-ring (bicyclic) bond motifs is 1. The summed E-state index contributed by atoms with van der Waals surface area (Å²) in [4.78, 5) is 24.2. The first-order valence-corrected chi connectivity index (χ1v) is 8.30. The Bertz CT molecular complexity index is 768. The van der Waals surface area contributed by atoms with Crippen LogP contribution in [0.2, 0.25) is 0 Å². The number of rotatable bonds is 3. The smallest absolute Gasteiger partial charge is 0.316 e. The monoisotopic (exact) mass is 329 g/mol. The molecule has 0 aliphatic carbocycles. The predicted molar refractivity (Wildman–Crippen MR) is 91.6 cm³/mol. The molecule has 3 atom stereocenters. The van der Waals surface area contributed by atoms with Gasteiger partial charge in [0.15, 0.2) is 0 Å². The van der Waals surface area contributed by atoms with Gasteiger partial charge in [-0.15, -0.1) is 0 Å². The zero-order chi connectivity index (χ0) is 17.3. The number of furan rings is 1. The highest BCUT2D eigenvalue weighted by atomic mass is 16.3. The molecule has 3 amide bonds. The Balaban J connectivity index is 1.69. The molecule has 0 radical (unpaired) electrons. The van der Waals surface area contributed by atoms with E-state index in [1.165, 1.54) is 0 Å². The fourth-order valence-corrected chi connectivity index (χ4v) is 3.22. The van der Waals surface area contributed by atoms with Gasteiger partial charge in [0.25, 0.3) is 0 Å². The van der Waals surface area contributed by atoms with E-state index in [1.807, 2.05) is 45.0 Å². The molecule has 1 aromatic carbocycles. The van der Waals surface area contributed by atoms with E-state index >= 15 is 0 Å². The number of benzene rings is 1. The van der Waals surface area contributed by atoms with Crippen LogP contribution in [0.15, 0.2) is 28.7 Å². The number of piperidine rings is 1. The molecule has 1 aliphatic heterocycles. The van der Waals surface area contributed by atoms with Crippen molar-refractivity contribution in [2.75, 3.05) is 6.54 Å². The minimum Gasteiger partial charge on any atom is -0.459 e. The number of carbonyl (C=O) groups is 2. The molecule has 2 heterocycles. The highest BCUT2D eigenvalue weighted by Gasteiger charge is 2.30. The number of amides is 3. The molecule has 6 nitrogen and oxygen atoms in total. The SMILES string of the molecule is Cc1c(C(C)NC(=O)NC2C(=O)NCCC2C)oc2ccccc12. The Kier molecular flexibility index (Phi) is 4.46. The summed E-state index contributed by atoms with van der Waals surface area (Å²) in [5.74, 6) is 0.719. The number of para-hydroxylation sites is 1. The zero-order valence-electron chi connectivity index (χ0n) is 14.2. The summed E-state index contributed by atoms with van der Waals surface area (Å²) in [5, 5.41) is 9.45. The van der Waals surface area contributed by atoms with Gasteiger partial charge < -0.3 is 20.4 Å². The Morgan fingerprint density at radius 3 is 2.83 bits per heavy atom. The van der Waals surface area contributed by atoms with Crippen LogP contribution >= 0.6 is 0 Å². The maximum atomic E-state index is 12.3. The summed E-state index contributed by atoms with van der Waals surface area (Å²) in [5.41, 5.74) is 1.82. The van der Waals surface area contributed by atoms with Gasteiger partial charge in [-0.25, -0.2) is 4.79 Å². The first kappa shape index (κ1) is 16.4. The zero-order valence-corrected chi connectivity index (χ0v) is 14.2. The summed E-state index contributed by atoms with van der Waals surface area (Å²) in [6.45, 7) is 6.48. The normalized spacial score (nSPS) is 22.0. The molecule has 0 bridgehead atoms. The van der Waals surface area contributed by atoms with Crippen LogP contribution in [0.4, 0.5) is 4.79 Å². The minimum absolute atomic E-state index is 0.118. The average Bonchev–Trinajstić information content (AvgIpc) is 2.89. The molecule has 3 unspecified atom stereocenters. The van der Waals surface area contributed by atoms with E-state index < -0.39 is 6.04 Å². The van der Waals surface area contributed by atoms with Crippen LogP contribution in [0.25, 0.3) is 11.0 Å². The lowest BCUT2D eigenvalue weighted by Crippen LogP contribution is -2.56. The number of carbonyl (C=O) groups excluding carboxylic acids is 2. The molecule has 128 valence electrons. The second kappa shape index (κ2) is 6.55. The molecule has 1 aliphatic rings. The van der Waals surface area contributed by atoms with Crippen molar-refractivity contribution in [2.45, 2.75) is 39.3 Å². The molecular formula is C18H23N3O3. The summed E-state index contributed by atoms with van der Waals surface area (Å²) in [7, 11) is 0. The second-order valence-corrected chi connectivity index (χ2v) is 6.46. The first-order chi connectivity index (χ1) is 11.5. The molecule has 1 saturated heterocycles. The van der Waals surface area contributed by atoms with Gasteiger partial charge >= 0.3 is 6.03 Å². The number of hydrogen-bond donors (Lipinski definition) is 3. The van der Waals surface area contributed by atoms with Crippen molar-refractivity contribution < 1.29 is 14.0 Å². The van der Waals surface area contributed by atoms with Crippen LogP contribution in [0.3, 0.4) is 0 Å². The van der Waals surface area contributed by atoms with E-state index in [4.69, 9.17) is 4.42 Å². The quantitative estimate of drug-likeness (QED) is 0.809. The van der Waals surface area contributed by atoms with Gasteiger partial charge in [0.1, 0.15) is 17.4 Å². The van der Waals surface area contributed by atoms with Crippen LogP contribution in [0.5, 0.6) is 0 Å². The van der Waals surface area contributed by atoms with Gasteiger partial charge in [-0.3, -0.25) is 4.79 Å². The number of urea groups is 1.